The Morgan fingerprint density at radius 2 is 1.95 bits per heavy atom. The molecule has 0 heterocycles. The minimum absolute atomic E-state index is 0.166. The van der Waals surface area contributed by atoms with Gasteiger partial charge in [-0.1, -0.05) is 33.8 Å². The fourth-order valence-electron chi connectivity index (χ4n) is 2.16. The average molecular weight is 281 g/mol. The zero-order valence-electron chi connectivity index (χ0n) is 13.4. The van der Waals surface area contributed by atoms with Gasteiger partial charge >= 0.3 is 0 Å². The SMILES string of the molecule is COc1ccc(CCC(C)(C)CCNC(C)C)c(F)c1. The van der Waals surface area contributed by atoms with Crippen molar-refractivity contribution in [3.8, 4) is 5.75 Å². The van der Waals surface area contributed by atoms with Crippen LogP contribution in [0.25, 0.3) is 0 Å². The maximum Gasteiger partial charge on any atom is 0.130 e. The van der Waals surface area contributed by atoms with Crippen LogP contribution in [-0.4, -0.2) is 19.7 Å². The molecule has 0 amide bonds. The van der Waals surface area contributed by atoms with Gasteiger partial charge in [0.05, 0.1) is 7.11 Å². The molecule has 0 saturated carbocycles. The number of benzene rings is 1. The van der Waals surface area contributed by atoms with Crippen LogP contribution in [0.3, 0.4) is 0 Å². The van der Waals surface area contributed by atoms with Crippen molar-refractivity contribution in [1.82, 2.24) is 5.32 Å². The molecular formula is C17H28FNO. The predicted molar refractivity (Wildman–Crippen MR) is 82.8 cm³/mol. The lowest BCUT2D eigenvalue weighted by Gasteiger charge is -2.25. The van der Waals surface area contributed by atoms with E-state index in [0.717, 1.165) is 31.4 Å². The maximum atomic E-state index is 13.9. The Balaban J connectivity index is 2.48. The van der Waals surface area contributed by atoms with Gasteiger partial charge in [-0.2, -0.15) is 0 Å². The van der Waals surface area contributed by atoms with Crippen LogP contribution in [0, 0.1) is 11.2 Å². The van der Waals surface area contributed by atoms with Crippen LogP contribution in [0.4, 0.5) is 4.39 Å². The molecule has 1 N–H and O–H groups in total. The number of hydrogen-bond donors (Lipinski definition) is 1. The molecule has 0 fully saturated rings. The molecule has 0 saturated heterocycles. The molecule has 0 aromatic heterocycles. The number of halogens is 1. The van der Waals surface area contributed by atoms with E-state index >= 15 is 0 Å². The van der Waals surface area contributed by atoms with Crippen molar-refractivity contribution in [3.63, 3.8) is 0 Å². The van der Waals surface area contributed by atoms with Crippen LogP contribution in [-0.2, 0) is 6.42 Å². The van der Waals surface area contributed by atoms with Gasteiger partial charge in [0.1, 0.15) is 11.6 Å². The molecule has 0 aliphatic carbocycles. The summed E-state index contributed by atoms with van der Waals surface area (Å²) in [5, 5.41) is 3.44. The first-order valence-corrected chi connectivity index (χ1v) is 7.40. The normalized spacial score (nSPS) is 11.9. The van der Waals surface area contributed by atoms with Crippen LogP contribution in [0.15, 0.2) is 18.2 Å². The number of rotatable bonds is 8. The molecule has 114 valence electrons. The van der Waals surface area contributed by atoms with Crippen molar-refractivity contribution < 1.29 is 9.13 Å². The zero-order valence-corrected chi connectivity index (χ0v) is 13.4. The minimum atomic E-state index is -0.166. The van der Waals surface area contributed by atoms with Gasteiger partial charge in [-0.15, -0.1) is 0 Å². The number of methoxy groups -OCH3 is 1. The molecule has 1 aromatic carbocycles. The second-order valence-corrected chi connectivity index (χ2v) is 6.48. The van der Waals surface area contributed by atoms with Crippen molar-refractivity contribution in [3.05, 3.63) is 29.6 Å². The third-order valence-corrected chi connectivity index (χ3v) is 3.69. The lowest BCUT2D eigenvalue weighted by Crippen LogP contribution is -2.28. The van der Waals surface area contributed by atoms with Crippen molar-refractivity contribution in [1.29, 1.82) is 0 Å². The number of ether oxygens (including phenoxy) is 1. The van der Waals surface area contributed by atoms with Gasteiger partial charge in [-0.05, 0) is 42.9 Å². The first-order chi connectivity index (χ1) is 9.34. The maximum absolute atomic E-state index is 13.9. The van der Waals surface area contributed by atoms with Crippen LogP contribution in [0.2, 0.25) is 0 Å². The molecule has 0 spiro atoms. The van der Waals surface area contributed by atoms with E-state index in [-0.39, 0.29) is 11.2 Å². The Morgan fingerprint density at radius 3 is 2.50 bits per heavy atom. The first-order valence-electron chi connectivity index (χ1n) is 7.40. The topological polar surface area (TPSA) is 21.3 Å². The van der Waals surface area contributed by atoms with Crippen LogP contribution in [0.5, 0.6) is 5.75 Å². The number of aryl methyl sites for hydroxylation is 1. The first kappa shape index (κ1) is 17.0. The molecule has 0 radical (unpaired) electrons. The van der Waals surface area contributed by atoms with Gasteiger partial charge in [0.15, 0.2) is 0 Å². The van der Waals surface area contributed by atoms with Crippen LogP contribution < -0.4 is 10.1 Å². The Labute approximate surface area is 122 Å². The van der Waals surface area contributed by atoms with Crippen molar-refractivity contribution >= 4 is 0 Å². The third kappa shape index (κ3) is 5.91. The molecule has 0 atom stereocenters. The summed E-state index contributed by atoms with van der Waals surface area (Å²) in [6.45, 7) is 9.81. The molecule has 0 aliphatic rings. The van der Waals surface area contributed by atoms with Crippen LogP contribution >= 0.6 is 0 Å². The molecule has 3 heteroatoms. The summed E-state index contributed by atoms with van der Waals surface area (Å²) in [6.07, 6.45) is 2.85. The Hall–Kier alpha value is -1.09. The van der Waals surface area contributed by atoms with Gasteiger partial charge < -0.3 is 10.1 Å². The monoisotopic (exact) mass is 281 g/mol. The minimum Gasteiger partial charge on any atom is -0.497 e. The van der Waals surface area contributed by atoms with Gasteiger partial charge in [0.25, 0.3) is 0 Å². The molecule has 2 nitrogen and oxygen atoms in total. The lowest BCUT2D eigenvalue weighted by atomic mass is 9.83. The fourth-order valence-corrected chi connectivity index (χ4v) is 2.16. The molecule has 0 bridgehead atoms. The highest BCUT2D eigenvalue weighted by Crippen LogP contribution is 2.28. The Bertz CT molecular complexity index is 415. The molecule has 20 heavy (non-hydrogen) atoms. The molecule has 1 aromatic rings. The summed E-state index contributed by atoms with van der Waals surface area (Å²) < 4.78 is 18.9. The zero-order chi connectivity index (χ0) is 15.2. The highest BCUT2D eigenvalue weighted by molar-refractivity contribution is 5.29. The van der Waals surface area contributed by atoms with E-state index in [1.165, 1.54) is 6.07 Å². The molecule has 0 unspecified atom stereocenters. The van der Waals surface area contributed by atoms with Crippen molar-refractivity contribution in [2.75, 3.05) is 13.7 Å². The summed E-state index contributed by atoms with van der Waals surface area (Å²) in [7, 11) is 1.55. The van der Waals surface area contributed by atoms with E-state index in [0.29, 0.717) is 11.8 Å². The molecule has 0 aliphatic heterocycles. The van der Waals surface area contributed by atoms with E-state index in [4.69, 9.17) is 4.74 Å². The Morgan fingerprint density at radius 1 is 1.25 bits per heavy atom. The summed E-state index contributed by atoms with van der Waals surface area (Å²) in [4.78, 5) is 0. The third-order valence-electron chi connectivity index (χ3n) is 3.69. The largest absolute Gasteiger partial charge is 0.497 e. The standard InChI is InChI=1S/C17H28FNO/c1-13(2)19-11-10-17(3,4)9-8-14-6-7-15(20-5)12-16(14)18/h6-7,12-13,19H,8-11H2,1-5H3. The number of nitrogens with one attached hydrogen (secondary N) is 1. The Kier molecular flexibility index (Phi) is 6.47. The predicted octanol–water partition coefficient (Wildman–Crippen LogP) is 4.18. The van der Waals surface area contributed by atoms with E-state index in [1.807, 2.05) is 12.1 Å². The second kappa shape index (κ2) is 7.63. The van der Waals surface area contributed by atoms with Crippen LogP contribution in [0.1, 0.15) is 46.1 Å². The van der Waals surface area contributed by atoms with Gasteiger partial charge in [0, 0.05) is 12.1 Å². The van der Waals surface area contributed by atoms with Gasteiger partial charge in [0.2, 0.25) is 0 Å². The summed E-state index contributed by atoms with van der Waals surface area (Å²) in [6, 6.07) is 5.63. The van der Waals surface area contributed by atoms with E-state index < -0.39 is 0 Å². The highest BCUT2D eigenvalue weighted by atomic mass is 19.1. The fraction of sp³-hybridized carbons (Fsp3) is 0.647. The van der Waals surface area contributed by atoms with Crippen molar-refractivity contribution in [2.24, 2.45) is 5.41 Å². The van der Waals surface area contributed by atoms with E-state index in [2.05, 4.69) is 33.0 Å². The molecule has 1 rings (SSSR count). The quantitative estimate of drug-likeness (QED) is 0.771. The highest BCUT2D eigenvalue weighted by Gasteiger charge is 2.18. The molecular weight excluding hydrogens is 253 g/mol. The smallest absolute Gasteiger partial charge is 0.130 e. The second-order valence-electron chi connectivity index (χ2n) is 6.48. The summed E-state index contributed by atoms with van der Waals surface area (Å²) in [5.74, 6) is 0.409. The van der Waals surface area contributed by atoms with Gasteiger partial charge in [-0.3, -0.25) is 0 Å². The summed E-state index contributed by atoms with van der Waals surface area (Å²) >= 11 is 0. The van der Waals surface area contributed by atoms with Crippen molar-refractivity contribution in [2.45, 2.75) is 53.0 Å². The van der Waals surface area contributed by atoms with E-state index in [1.54, 1.807) is 7.11 Å². The van der Waals surface area contributed by atoms with Gasteiger partial charge in [-0.25, -0.2) is 4.39 Å². The van der Waals surface area contributed by atoms with E-state index in [9.17, 15) is 4.39 Å². The average Bonchev–Trinajstić information content (AvgIpc) is 2.36. The lowest BCUT2D eigenvalue weighted by molar-refractivity contribution is 0.297. The number of hydrogen-bond acceptors (Lipinski definition) is 2. The summed E-state index contributed by atoms with van der Waals surface area (Å²) in [5.41, 5.74) is 0.990.